The van der Waals surface area contributed by atoms with E-state index in [1.807, 2.05) is 0 Å². The second kappa shape index (κ2) is 22.3. The van der Waals surface area contributed by atoms with E-state index < -0.39 is 0 Å². The van der Waals surface area contributed by atoms with Gasteiger partial charge in [0.15, 0.2) is 0 Å². The molecule has 32 heavy (non-hydrogen) atoms. The molecule has 0 saturated heterocycles. The molecule has 2 atom stereocenters. The Morgan fingerprint density at radius 1 is 0.625 bits per heavy atom. The zero-order chi connectivity index (χ0) is 23.9. The minimum Gasteiger partial charge on any atom is -0.459 e. The zero-order valence-corrected chi connectivity index (χ0v) is 23.0. The van der Waals surface area contributed by atoms with Crippen LogP contribution in [0.2, 0.25) is 0 Å². The highest BCUT2D eigenvalue weighted by atomic mass is 16.6. The van der Waals surface area contributed by atoms with Crippen LogP contribution in [0, 0.1) is 5.92 Å². The van der Waals surface area contributed by atoms with E-state index in [2.05, 4.69) is 34.6 Å². The Morgan fingerprint density at radius 2 is 1.03 bits per heavy atom. The minimum atomic E-state index is -0.285. The van der Waals surface area contributed by atoms with E-state index in [1.165, 1.54) is 116 Å². The van der Waals surface area contributed by atoms with Gasteiger partial charge >= 0.3 is 5.97 Å². The van der Waals surface area contributed by atoms with Gasteiger partial charge in [-0.3, -0.25) is 4.79 Å². The Morgan fingerprint density at radius 3 is 1.53 bits per heavy atom. The molecule has 0 bridgehead atoms. The van der Waals surface area contributed by atoms with E-state index in [0.29, 0.717) is 12.3 Å². The molecule has 0 amide bonds. The van der Waals surface area contributed by atoms with Crippen LogP contribution in [0.1, 0.15) is 176 Å². The summed E-state index contributed by atoms with van der Waals surface area (Å²) in [6.07, 6.45) is 27.3. The Kier molecular flexibility index (Phi) is 21.9. The van der Waals surface area contributed by atoms with Crippen LogP contribution in [-0.4, -0.2) is 11.6 Å². The lowest BCUT2D eigenvalue weighted by atomic mass is 9.82. The van der Waals surface area contributed by atoms with Crippen LogP contribution in [0.15, 0.2) is 0 Å². The highest BCUT2D eigenvalue weighted by Crippen LogP contribution is 2.33. The molecule has 0 rings (SSSR count). The van der Waals surface area contributed by atoms with Crippen molar-refractivity contribution >= 4 is 5.97 Å². The van der Waals surface area contributed by atoms with Crippen LogP contribution in [0.3, 0.4) is 0 Å². The first-order valence-electron chi connectivity index (χ1n) is 14.7. The second-order valence-corrected chi connectivity index (χ2v) is 10.6. The first kappa shape index (κ1) is 31.5. The monoisotopic (exact) mass is 452 g/mol. The van der Waals surface area contributed by atoms with Crippen LogP contribution in [0.25, 0.3) is 0 Å². The Labute approximate surface area is 203 Å². The molecule has 2 heteroatoms. The average Bonchev–Trinajstić information content (AvgIpc) is 2.77. The van der Waals surface area contributed by atoms with Gasteiger partial charge < -0.3 is 4.74 Å². The van der Waals surface area contributed by atoms with Crippen molar-refractivity contribution in [1.29, 1.82) is 0 Å². The van der Waals surface area contributed by atoms with E-state index >= 15 is 0 Å². The SMILES string of the molecule is CCCCCCCCCCC(C)C(C)(CCCCCCCC)OC(=O)CCCCCCC. The predicted molar refractivity (Wildman–Crippen MR) is 142 cm³/mol. The maximum Gasteiger partial charge on any atom is 0.306 e. The molecule has 0 aliphatic carbocycles. The van der Waals surface area contributed by atoms with Crippen LogP contribution >= 0.6 is 0 Å². The topological polar surface area (TPSA) is 26.3 Å². The molecule has 192 valence electrons. The number of esters is 1. The van der Waals surface area contributed by atoms with E-state index in [-0.39, 0.29) is 11.6 Å². The molecule has 0 aliphatic heterocycles. The van der Waals surface area contributed by atoms with Gasteiger partial charge in [0.25, 0.3) is 0 Å². The van der Waals surface area contributed by atoms with Crippen molar-refractivity contribution in [3.63, 3.8) is 0 Å². The number of unbranched alkanes of at least 4 members (excludes halogenated alkanes) is 16. The summed E-state index contributed by atoms with van der Waals surface area (Å²) in [6.45, 7) is 11.3. The summed E-state index contributed by atoms with van der Waals surface area (Å²) in [5, 5.41) is 0. The van der Waals surface area contributed by atoms with Crippen LogP contribution in [0.4, 0.5) is 0 Å². The molecule has 0 spiro atoms. The number of hydrogen-bond acceptors (Lipinski definition) is 2. The molecule has 2 unspecified atom stereocenters. The number of hydrogen-bond donors (Lipinski definition) is 0. The summed E-state index contributed by atoms with van der Waals surface area (Å²) < 4.78 is 6.22. The number of ether oxygens (including phenoxy) is 1. The standard InChI is InChI=1S/C30H60O2/c1-6-9-12-15-17-18-20-22-25-28(4)30(5,27-24-21-16-13-10-7-2)32-29(31)26-23-19-14-11-8-3/h28H,6-27H2,1-5H3. The molecule has 0 aromatic heterocycles. The first-order valence-corrected chi connectivity index (χ1v) is 14.7. The zero-order valence-electron chi connectivity index (χ0n) is 23.0. The van der Waals surface area contributed by atoms with E-state index in [1.54, 1.807) is 0 Å². The third-order valence-corrected chi connectivity index (χ3v) is 7.39. The fourth-order valence-corrected chi connectivity index (χ4v) is 4.73. The lowest BCUT2D eigenvalue weighted by Crippen LogP contribution is -2.38. The van der Waals surface area contributed by atoms with Gasteiger partial charge in [0.05, 0.1) is 0 Å². The molecular weight excluding hydrogens is 392 g/mol. The molecule has 2 nitrogen and oxygen atoms in total. The van der Waals surface area contributed by atoms with Crippen molar-refractivity contribution < 1.29 is 9.53 Å². The fourth-order valence-electron chi connectivity index (χ4n) is 4.73. The van der Waals surface area contributed by atoms with Crippen LogP contribution < -0.4 is 0 Å². The van der Waals surface area contributed by atoms with E-state index in [9.17, 15) is 4.79 Å². The number of carbonyl (C=O) groups is 1. The summed E-state index contributed by atoms with van der Waals surface area (Å²) in [4.78, 5) is 12.6. The summed E-state index contributed by atoms with van der Waals surface area (Å²) >= 11 is 0. The highest BCUT2D eigenvalue weighted by Gasteiger charge is 2.34. The lowest BCUT2D eigenvalue weighted by molar-refractivity contribution is -0.165. The summed E-state index contributed by atoms with van der Waals surface area (Å²) in [6, 6.07) is 0. The predicted octanol–water partition coefficient (Wildman–Crippen LogP) is 10.6. The van der Waals surface area contributed by atoms with Crippen molar-refractivity contribution in [1.82, 2.24) is 0 Å². The van der Waals surface area contributed by atoms with Gasteiger partial charge in [-0.2, -0.15) is 0 Å². The van der Waals surface area contributed by atoms with Crippen LogP contribution in [0.5, 0.6) is 0 Å². The van der Waals surface area contributed by atoms with Gasteiger partial charge in [0, 0.05) is 6.42 Å². The Balaban J connectivity index is 4.43. The van der Waals surface area contributed by atoms with Gasteiger partial charge in [-0.15, -0.1) is 0 Å². The van der Waals surface area contributed by atoms with Crippen molar-refractivity contribution in [2.24, 2.45) is 5.92 Å². The summed E-state index contributed by atoms with van der Waals surface area (Å²) in [5.74, 6) is 0.486. The third-order valence-electron chi connectivity index (χ3n) is 7.39. The first-order chi connectivity index (χ1) is 15.5. The lowest BCUT2D eigenvalue weighted by Gasteiger charge is -2.36. The Hall–Kier alpha value is -0.530. The Bertz CT molecular complexity index is 406. The van der Waals surface area contributed by atoms with Crippen molar-refractivity contribution in [2.75, 3.05) is 0 Å². The number of carbonyl (C=O) groups excluding carboxylic acids is 1. The van der Waals surface area contributed by atoms with Gasteiger partial charge in [-0.1, -0.05) is 137 Å². The third kappa shape index (κ3) is 18.0. The largest absolute Gasteiger partial charge is 0.459 e. The maximum atomic E-state index is 12.6. The van der Waals surface area contributed by atoms with Crippen LogP contribution in [-0.2, 0) is 9.53 Å². The number of rotatable bonds is 24. The molecule has 0 aliphatic rings. The normalized spacial score (nSPS) is 14.3. The van der Waals surface area contributed by atoms with Gasteiger partial charge in [0.1, 0.15) is 5.60 Å². The van der Waals surface area contributed by atoms with Crippen molar-refractivity contribution in [3.05, 3.63) is 0 Å². The van der Waals surface area contributed by atoms with Gasteiger partial charge in [0.2, 0.25) is 0 Å². The second-order valence-electron chi connectivity index (χ2n) is 10.6. The summed E-state index contributed by atoms with van der Waals surface area (Å²) in [5.41, 5.74) is -0.285. The molecule has 0 heterocycles. The fraction of sp³-hybridized carbons (Fsp3) is 0.967. The smallest absolute Gasteiger partial charge is 0.306 e. The molecule has 0 radical (unpaired) electrons. The average molecular weight is 453 g/mol. The van der Waals surface area contributed by atoms with Gasteiger partial charge in [-0.25, -0.2) is 0 Å². The summed E-state index contributed by atoms with van der Waals surface area (Å²) in [7, 11) is 0. The minimum absolute atomic E-state index is 0.0396. The molecule has 0 saturated carbocycles. The van der Waals surface area contributed by atoms with Gasteiger partial charge in [-0.05, 0) is 38.5 Å². The van der Waals surface area contributed by atoms with E-state index in [4.69, 9.17) is 4.74 Å². The maximum absolute atomic E-state index is 12.6. The van der Waals surface area contributed by atoms with E-state index in [0.717, 1.165) is 19.3 Å². The quantitative estimate of drug-likeness (QED) is 0.107. The molecular formula is C30H60O2. The molecule has 0 aromatic rings. The van der Waals surface area contributed by atoms with Crippen molar-refractivity contribution in [2.45, 2.75) is 181 Å². The molecule has 0 fully saturated rings. The molecule has 0 aromatic carbocycles. The molecule has 0 N–H and O–H groups in total. The van der Waals surface area contributed by atoms with Crippen molar-refractivity contribution in [3.8, 4) is 0 Å². The highest BCUT2D eigenvalue weighted by molar-refractivity contribution is 5.69.